The summed E-state index contributed by atoms with van der Waals surface area (Å²) in [6, 6.07) is 11.1. The van der Waals surface area contributed by atoms with E-state index in [2.05, 4.69) is 88.4 Å². The summed E-state index contributed by atoms with van der Waals surface area (Å²) in [5, 5.41) is 3.55. The van der Waals surface area contributed by atoms with Gasteiger partial charge in [0.1, 0.15) is 0 Å². The number of unbranched alkanes of at least 4 members (excludes halogenated alkanes) is 1. The van der Waals surface area contributed by atoms with Crippen LogP contribution in [0.15, 0.2) is 41.4 Å². The molecule has 1 fully saturated rings. The van der Waals surface area contributed by atoms with E-state index in [0.717, 1.165) is 51.8 Å². The molecular formula is C23H40IN5. The molecule has 1 heterocycles. The summed E-state index contributed by atoms with van der Waals surface area (Å²) in [6.07, 6.45) is 6.89. The van der Waals surface area contributed by atoms with Crippen molar-refractivity contribution in [1.29, 1.82) is 0 Å². The van der Waals surface area contributed by atoms with Crippen LogP contribution in [-0.4, -0.2) is 86.6 Å². The van der Waals surface area contributed by atoms with E-state index >= 15 is 0 Å². The number of nitrogens with zero attached hydrogens (tertiary/aromatic N) is 4. The van der Waals surface area contributed by atoms with Gasteiger partial charge in [-0.2, -0.15) is 0 Å². The third-order valence-electron chi connectivity index (χ3n) is 5.46. The maximum atomic E-state index is 4.49. The highest BCUT2D eigenvalue weighted by molar-refractivity contribution is 14.0. The van der Waals surface area contributed by atoms with Crippen LogP contribution >= 0.6 is 24.0 Å². The Hall–Kier alpha value is -1.12. The number of benzene rings is 1. The molecule has 0 amide bonds. The van der Waals surface area contributed by atoms with Gasteiger partial charge < -0.3 is 15.1 Å². The fraction of sp³-hybridized carbons (Fsp3) is 0.609. The summed E-state index contributed by atoms with van der Waals surface area (Å²) in [4.78, 5) is 11.8. The second-order valence-corrected chi connectivity index (χ2v) is 7.86. The van der Waals surface area contributed by atoms with Crippen molar-refractivity contribution in [1.82, 2.24) is 20.0 Å². The van der Waals surface area contributed by atoms with E-state index in [1.54, 1.807) is 0 Å². The van der Waals surface area contributed by atoms with Crippen LogP contribution in [-0.2, 0) is 0 Å². The molecule has 29 heavy (non-hydrogen) atoms. The molecule has 0 atom stereocenters. The molecule has 1 aliphatic rings. The first-order chi connectivity index (χ1) is 13.6. The predicted octanol–water partition coefficient (Wildman–Crippen LogP) is 3.63. The van der Waals surface area contributed by atoms with Crippen molar-refractivity contribution in [2.24, 2.45) is 4.99 Å². The molecule has 0 saturated carbocycles. The van der Waals surface area contributed by atoms with Gasteiger partial charge in [0.25, 0.3) is 0 Å². The smallest absolute Gasteiger partial charge is 0.193 e. The Morgan fingerprint density at radius 2 is 1.83 bits per heavy atom. The molecule has 0 aliphatic carbocycles. The van der Waals surface area contributed by atoms with Crippen LogP contribution in [0, 0.1) is 0 Å². The molecule has 1 N–H and O–H groups in total. The lowest BCUT2D eigenvalue weighted by Crippen LogP contribution is -2.52. The van der Waals surface area contributed by atoms with Gasteiger partial charge in [-0.3, -0.25) is 9.89 Å². The topological polar surface area (TPSA) is 34.1 Å². The predicted molar refractivity (Wildman–Crippen MR) is 137 cm³/mol. The first-order valence-corrected chi connectivity index (χ1v) is 10.7. The zero-order valence-electron chi connectivity index (χ0n) is 18.7. The van der Waals surface area contributed by atoms with Crippen LogP contribution in [0.2, 0.25) is 0 Å². The molecule has 1 aliphatic heterocycles. The summed E-state index contributed by atoms with van der Waals surface area (Å²) in [7, 11) is 4.09. The number of piperazine rings is 1. The zero-order chi connectivity index (χ0) is 20.2. The van der Waals surface area contributed by atoms with Gasteiger partial charge >= 0.3 is 0 Å². The van der Waals surface area contributed by atoms with E-state index in [1.807, 2.05) is 7.05 Å². The van der Waals surface area contributed by atoms with Crippen LogP contribution in [0.3, 0.4) is 0 Å². The lowest BCUT2D eigenvalue weighted by Gasteiger charge is -2.36. The van der Waals surface area contributed by atoms with E-state index < -0.39 is 0 Å². The Bertz CT molecular complexity index is 595. The number of hydrogen-bond donors (Lipinski definition) is 1. The molecule has 2 rings (SSSR count). The van der Waals surface area contributed by atoms with Crippen molar-refractivity contribution in [3.05, 3.63) is 42.0 Å². The van der Waals surface area contributed by atoms with Crippen LogP contribution in [0.4, 0.5) is 0 Å². The lowest BCUT2D eigenvalue weighted by molar-refractivity contribution is 0.194. The Morgan fingerprint density at radius 1 is 1.14 bits per heavy atom. The maximum Gasteiger partial charge on any atom is 0.193 e. The van der Waals surface area contributed by atoms with Crippen molar-refractivity contribution in [2.45, 2.75) is 32.7 Å². The van der Waals surface area contributed by atoms with Crippen molar-refractivity contribution >= 4 is 36.0 Å². The summed E-state index contributed by atoms with van der Waals surface area (Å²) in [6.45, 7) is 11.9. The first kappa shape index (κ1) is 25.9. The van der Waals surface area contributed by atoms with Crippen LogP contribution in [0.25, 0.3) is 6.08 Å². The molecule has 5 nitrogen and oxygen atoms in total. The minimum absolute atomic E-state index is 0. The van der Waals surface area contributed by atoms with Gasteiger partial charge in [0.05, 0.1) is 0 Å². The fourth-order valence-electron chi connectivity index (χ4n) is 3.32. The molecule has 0 radical (unpaired) electrons. The van der Waals surface area contributed by atoms with Gasteiger partial charge in [-0.15, -0.1) is 24.0 Å². The molecule has 1 saturated heterocycles. The van der Waals surface area contributed by atoms with Gasteiger partial charge in [0.2, 0.25) is 0 Å². The lowest BCUT2D eigenvalue weighted by atomic mass is 10.2. The SMILES string of the molecule is CN=C(NCCCCN(C)C(C)C)N1CCN(C/C=C/c2ccccc2)CC1.I. The molecular weight excluding hydrogens is 473 g/mol. The molecule has 0 aromatic heterocycles. The second-order valence-electron chi connectivity index (χ2n) is 7.86. The Morgan fingerprint density at radius 3 is 2.45 bits per heavy atom. The van der Waals surface area contributed by atoms with Gasteiger partial charge in [0.15, 0.2) is 5.96 Å². The molecule has 1 aromatic carbocycles. The van der Waals surface area contributed by atoms with E-state index in [0.29, 0.717) is 6.04 Å². The molecule has 6 heteroatoms. The van der Waals surface area contributed by atoms with E-state index in [-0.39, 0.29) is 24.0 Å². The maximum absolute atomic E-state index is 4.49. The monoisotopic (exact) mass is 513 g/mol. The molecule has 0 unspecified atom stereocenters. The molecule has 1 aromatic rings. The standard InChI is InChI=1S/C23H39N5.HI/c1-21(2)26(4)15-9-8-14-25-23(24-3)28-19-17-27(18-20-28)16-10-13-22-11-6-5-7-12-22;/h5-7,10-13,21H,8-9,14-20H2,1-4H3,(H,24,25);1H/b13-10+;. The number of guanidine groups is 1. The number of rotatable bonds is 9. The number of hydrogen-bond acceptors (Lipinski definition) is 3. The normalized spacial score (nSPS) is 15.9. The van der Waals surface area contributed by atoms with Crippen LogP contribution in [0.5, 0.6) is 0 Å². The largest absolute Gasteiger partial charge is 0.356 e. The number of halogens is 1. The summed E-state index contributed by atoms with van der Waals surface area (Å²) in [5.74, 6) is 1.05. The van der Waals surface area contributed by atoms with Crippen LogP contribution < -0.4 is 5.32 Å². The van der Waals surface area contributed by atoms with Crippen molar-refractivity contribution in [3.8, 4) is 0 Å². The van der Waals surface area contributed by atoms with Gasteiger partial charge in [-0.05, 0) is 45.8 Å². The van der Waals surface area contributed by atoms with Crippen LogP contribution in [0.1, 0.15) is 32.3 Å². The van der Waals surface area contributed by atoms with Crippen molar-refractivity contribution in [2.75, 3.05) is 59.9 Å². The Kier molecular flexibility index (Phi) is 13.2. The first-order valence-electron chi connectivity index (χ1n) is 10.7. The average molecular weight is 514 g/mol. The Balaban J connectivity index is 0.00000420. The average Bonchev–Trinajstić information content (AvgIpc) is 2.72. The quantitative estimate of drug-likeness (QED) is 0.237. The highest BCUT2D eigenvalue weighted by atomic mass is 127. The minimum Gasteiger partial charge on any atom is -0.356 e. The summed E-state index contributed by atoms with van der Waals surface area (Å²) < 4.78 is 0. The molecule has 0 bridgehead atoms. The molecule has 164 valence electrons. The summed E-state index contributed by atoms with van der Waals surface area (Å²) in [5.41, 5.74) is 1.27. The van der Waals surface area contributed by atoms with E-state index in [1.165, 1.54) is 18.4 Å². The van der Waals surface area contributed by atoms with Gasteiger partial charge in [0, 0.05) is 52.4 Å². The Labute approximate surface area is 195 Å². The molecule has 0 spiro atoms. The zero-order valence-corrected chi connectivity index (χ0v) is 21.0. The van der Waals surface area contributed by atoms with E-state index in [9.17, 15) is 0 Å². The number of aliphatic imine (C=N–C) groups is 1. The van der Waals surface area contributed by atoms with Crippen molar-refractivity contribution < 1.29 is 0 Å². The fourth-order valence-corrected chi connectivity index (χ4v) is 3.32. The van der Waals surface area contributed by atoms with E-state index in [4.69, 9.17) is 0 Å². The van der Waals surface area contributed by atoms with Gasteiger partial charge in [-0.1, -0.05) is 42.5 Å². The highest BCUT2D eigenvalue weighted by Gasteiger charge is 2.18. The van der Waals surface area contributed by atoms with Gasteiger partial charge in [-0.25, -0.2) is 0 Å². The number of nitrogens with one attached hydrogen (secondary N) is 1. The minimum atomic E-state index is 0. The third kappa shape index (κ3) is 9.96. The third-order valence-corrected chi connectivity index (χ3v) is 5.46. The highest BCUT2D eigenvalue weighted by Crippen LogP contribution is 2.05. The second kappa shape index (κ2) is 14.8. The van der Waals surface area contributed by atoms with Crippen molar-refractivity contribution in [3.63, 3.8) is 0 Å². The summed E-state index contributed by atoms with van der Waals surface area (Å²) >= 11 is 0.